The minimum Gasteiger partial charge on any atom is -0.444 e. The number of nitrogens with one attached hydrogen (secondary N) is 1. The van der Waals surface area contributed by atoms with E-state index in [1.54, 1.807) is 20.8 Å². The molecule has 6 nitrogen and oxygen atoms in total. The maximum absolute atomic E-state index is 12.2. The van der Waals surface area contributed by atoms with E-state index >= 15 is 0 Å². The van der Waals surface area contributed by atoms with Gasteiger partial charge in [0.2, 0.25) is 0 Å². The van der Waals surface area contributed by atoms with Crippen molar-refractivity contribution in [2.75, 3.05) is 6.79 Å². The first kappa shape index (κ1) is 23.1. The van der Waals surface area contributed by atoms with E-state index in [-0.39, 0.29) is 18.5 Å². The Morgan fingerprint density at radius 1 is 1.11 bits per heavy atom. The van der Waals surface area contributed by atoms with Crippen molar-refractivity contribution >= 4 is 11.9 Å². The number of hydrogen-bond donors (Lipinski definition) is 1. The van der Waals surface area contributed by atoms with E-state index in [0.717, 1.165) is 5.56 Å². The quantitative estimate of drug-likeness (QED) is 0.490. The average Bonchev–Trinajstić information content (AvgIpc) is 2.52. The molecule has 0 bridgehead atoms. The van der Waals surface area contributed by atoms with E-state index in [2.05, 4.69) is 5.32 Å². The third-order valence-electron chi connectivity index (χ3n) is 3.64. The predicted octanol–water partition coefficient (Wildman–Crippen LogP) is 4.07. The summed E-state index contributed by atoms with van der Waals surface area (Å²) in [6.07, 6.45) is -0.772. The number of carbonyl (C=O) groups excluding carboxylic acids is 2. The molecule has 0 heterocycles. The molecule has 0 fully saturated rings. The minimum absolute atomic E-state index is 0.0380. The summed E-state index contributed by atoms with van der Waals surface area (Å²) in [6, 6.07) is 9.22. The van der Waals surface area contributed by atoms with Crippen LogP contribution >= 0.6 is 0 Å². The smallest absolute Gasteiger partial charge is 0.407 e. The van der Waals surface area contributed by atoms with Crippen LogP contribution in [0.5, 0.6) is 0 Å². The van der Waals surface area contributed by atoms with Gasteiger partial charge in [0.15, 0.2) is 5.78 Å². The number of amides is 1. The Morgan fingerprint density at radius 3 is 2.26 bits per heavy atom. The third-order valence-corrected chi connectivity index (χ3v) is 3.64. The molecule has 152 valence electrons. The minimum atomic E-state index is -0.796. The van der Waals surface area contributed by atoms with Gasteiger partial charge in [0.25, 0.3) is 0 Å². The van der Waals surface area contributed by atoms with Gasteiger partial charge in [0.05, 0.1) is 12.6 Å². The summed E-state index contributed by atoms with van der Waals surface area (Å²) in [5.74, 6) is 0.0978. The fourth-order valence-electron chi connectivity index (χ4n) is 2.60. The Bertz CT molecular complexity index is 580. The van der Waals surface area contributed by atoms with Crippen molar-refractivity contribution in [1.29, 1.82) is 0 Å². The maximum Gasteiger partial charge on any atom is 0.407 e. The lowest BCUT2D eigenvalue weighted by Gasteiger charge is -2.29. The molecular weight excluding hydrogens is 346 g/mol. The summed E-state index contributed by atoms with van der Waals surface area (Å²) >= 11 is 0. The molecule has 1 N–H and O–H groups in total. The number of alkyl carbamates (subject to hydrolysis) is 1. The summed E-state index contributed by atoms with van der Waals surface area (Å²) in [6.45, 7) is 11.2. The fourth-order valence-corrected chi connectivity index (χ4v) is 2.60. The van der Waals surface area contributed by atoms with E-state index in [1.165, 1.54) is 6.92 Å². The molecule has 0 spiro atoms. The molecule has 27 heavy (non-hydrogen) atoms. The van der Waals surface area contributed by atoms with Crippen LogP contribution in [0.25, 0.3) is 0 Å². The normalized spacial score (nSPS) is 13.9. The van der Waals surface area contributed by atoms with Crippen LogP contribution in [-0.2, 0) is 25.6 Å². The van der Waals surface area contributed by atoms with Gasteiger partial charge in [-0.15, -0.1) is 0 Å². The standard InChI is InChI=1S/C21H33NO5/c1-15(2)12-18(22-20(24)27-21(4,5)6)19(16(3)23)26-14-25-13-17-10-8-7-9-11-17/h7-11,15,18-19H,12-14H2,1-6H3,(H,22,24)/t18-,19?/m0/s1. The van der Waals surface area contributed by atoms with E-state index < -0.39 is 23.8 Å². The highest BCUT2D eigenvalue weighted by Crippen LogP contribution is 2.15. The number of ketones is 1. The number of hydrogen-bond acceptors (Lipinski definition) is 5. The Hall–Kier alpha value is -1.92. The summed E-state index contributed by atoms with van der Waals surface area (Å²) in [4.78, 5) is 24.3. The van der Waals surface area contributed by atoms with Gasteiger partial charge >= 0.3 is 6.09 Å². The highest BCUT2D eigenvalue weighted by atomic mass is 16.7. The largest absolute Gasteiger partial charge is 0.444 e. The van der Waals surface area contributed by atoms with Gasteiger partial charge in [0, 0.05) is 0 Å². The lowest BCUT2D eigenvalue weighted by molar-refractivity contribution is -0.145. The van der Waals surface area contributed by atoms with Crippen LogP contribution in [0.3, 0.4) is 0 Å². The van der Waals surface area contributed by atoms with Gasteiger partial charge < -0.3 is 19.5 Å². The molecule has 1 unspecified atom stereocenters. The zero-order chi connectivity index (χ0) is 20.4. The molecule has 1 rings (SSSR count). The molecule has 1 amide bonds. The molecule has 0 saturated carbocycles. The maximum atomic E-state index is 12.2. The molecule has 0 aromatic heterocycles. The number of rotatable bonds is 10. The van der Waals surface area contributed by atoms with Crippen LogP contribution < -0.4 is 5.32 Å². The van der Waals surface area contributed by atoms with E-state index in [0.29, 0.717) is 13.0 Å². The van der Waals surface area contributed by atoms with E-state index in [9.17, 15) is 9.59 Å². The Kier molecular flexibility index (Phi) is 9.46. The Balaban J connectivity index is 2.65. The Morgan fingerprint density at radius 2 is 1.74 bits per heavy atom. The molecule has 0 aliphatic carbocycles. The third kappa shape index (κ3) is 10.1. The van der Waals surface area contributed by atoms with Crippen LogP contribution in [0.2, 0.25) is 0 Å². The van der Waals surface area contributed by atoms with Gasteiger partial charge in [-0.3, -0.25) is 4.79 Å². The van der Waals surface area contributed by atoms with E-state index in [1.807, 2.05) is 44.2 Å². The molecule has 0 aliphatic rings. The van der Waals surface area contributed by atoms with Crippen LogP contribution in [0.1, 0.15) is 53.5 Å². The molecular formula is C21H33NO5. The molecule has 1 aromatic rings. The monoisotopic (exact) mass is 379 g/mol. The van der Waals surface area contributed by atoms with Crippen LogP contribution in [0.4, 0.5) is 4.79 Å². The second kappa shape index (κ2) is 11.0. The highest BCUT2D eigenvalue weighted by Gasteiger charge is 2.30. The average molecular weight is 379 g/mol. The zero-order valence-corrected chi connectivity index (χ0v) is 17.3. The van der Waals surface area contributed by atoms with Crippen molar-refractivity contribution in [3.05, 3.63) is 35.9 Å². The Labute approximate surface area is 162 Å². The molecule has 0 radical (unpaired) electrons. The van der Waals surface area contributed by atoms with Crippen LogP contribution in [0, 0.1) is 5.92 Å². The van der Waals surface area contributed by atoms with Gasteiger partial charge in [-0.25, -0.2) is 4.79 Å². The molecule has 1 aromatic carbocycles. The van der Waals surface area contributed by atoms with Crippen molar-refractivity contribution in [2.45, 2.75) is 72.3 Å². The first-order chi connectivity index (χ1) is 12.6. The van der Waals surface area contributed by atoms with Crippen LogP contribution in [0.15, 0.2) is 30.3 Å². The van der Waals surface area contributed by atoms with Gasteiger partial charge in [0.1, 0.15) is 18.5 Å². The zero-order valence-electron chi connectivity index (χ0n) is 17.3. The first-order valence-electron chi connectivity index (χ1n) is 9.31. The van der Waals surface area contributed by atoms with Crippen molar-refractivity contribution in [1.82, 2.24) is 5.32 Å². The summed E-state index contributed by atoms with van der Waals surface area (Å²) in [5, 5.41) is 2.78. The lowest BCUT2D eigenvalue weighted by atomic mass is 9.97. The van der Waals surface area contributed by atoms with E-state index in [4.69, 9.17) is 14.2 Å². The predicted molar refractivity (Wildman–Crippen MR) is 104 cm³/mol. The topological polar surface area (TPSA) is 73.9 Å². The second-order valence-electron chi connectivity index (χ2n) is 8.03. The number of benzene rings is 1. The van der Waals surface area contributed by atoms with Crippen LogP contribution in [-0.4, -0.2) is 36.4 Å². The van der Waals surface area contributed by atoms with Crippen molar-refractivity contribution < 1.29 is 23.8 Å². The van der Waals surface area contributed by atoms with Gasteiger partial charge in [-0.2, -0.15) is 0 Å². The highest BCUT2D eigenvalue weighted by molar-refractivity contribution is 5.82. The first-order valence-corrected chi connectivity index (χ1v) is 9.31. The molecule has 2 atom stereocenters. The molecule has 0 saturated heterocycles. The number of Topliss-reactive ketones (excluding diaryl/α,β-unsaturated/α-hetero) is 1. The second-order valence-corrected chi connectivity index (χ2v) is 8.03. The molecule has 0 aliphatic heterocycles. The van der Waals surface area contributed by atoms with Crippen molar-refractivity contribution in [3.63, 3.8) is 0 Å². The molecule has 6 heteroatoms. The fraction of sp³-hybridized carbons (Fsp3) is 0.619. The number of ether oxygens (including phenoxy) is 3. The summed E-state index contributed by atoms with van der Waals surface area (Å²) < 4.78 is 16.5. The summed E-state index contributed by atoms with van der Waals surface area (Å²) in [7, 11) is 0. The SMILES string of the molecule is CC(=O)C(OCOCc1ccccc1)[C@H](CC(C)C)NC(=O)OC(C)(C)C. The number of carbonyl (C=O) groups is 2. The van der Waals surface area contributed by atoms with Gasteiger partial charge in [-0.05, 0) is 45.6 Å². The lowest BCUT2D eigenvalue weighted by Crippen LogP contribution is -2.49. The van der Waals surface area contributed by atoms with Crippen molar-refractivity contribution in [2.24, 2.45) is 5.92 Å². The van der Waals surface area contributed by atoms with Crippen molar-refractivity contribution in [3.8, 4) is 0 Å². The summed E-state index contributed by atoms with van der Waals surface area (Å²) in [5.41, 5.74) is 0.406. The van der Waals surface area contributed by atoms with Gasteiger partial charge in [-0.1, -0.05) is 44.2 Å².